The van der Waals surface area contributed by atoms with Crippen molar-refractivity contribution < 1.29 is 14.6 Å². The molecule has 0 bridgehead atoms. The minimum atomic E-state index is -0.492. The van der Waals surface area contributed by atoms with Gasteiger partial charge < -0.3 is 9.84 Å². The number of fused-ring (bicyclic) bond motifs is 1. The number of ether oxygens (including phenoxy) is 1. The summed E-state index contributed by atoms with van der Waals surface area (Å²) in [6.45, 7) is 1.75. The van der Waals surface area contributed by atoms with Crippen LogP contribution >= 0.6 is 0 Å². The summed E-state index contributed by atoms with van der Waals surface area (Å²) in [6, 6.07) is 20.6. The lowest BCUT2D eigenvalue weighted by Crippen LogP contribution is -2.18. The van der Waals surface area contributed by atoms with Crippen molar-refractivity contribution >= 4 is 11.6 Å². The van der Waals surface area contributed by atoms with Crippen LogP contribution in [0.3, 0.4) is 0 Å². The van der Waals surface area contributed by atoms with Gasteiger partial charge in [0.1, 0.15) is 18.0 Å². The van der Waals surface area contributed by atoms with E-state index in [4.69, 9.17) is 4.74 Å². The molecule has 2 aromatic heterocycles. The number of phenols is 1. The van der Waals surface area contributed by atoms with Gasteiger partial charge in [-0.3, -0.25) is 9.20 Å². The standard InChI is InChI=1S/C23H18N2O4/c1-15-3-2-4-21-24-19(13-22(27)25(15)21)14-29-23(28)18-7-5-16(6-8-18)17-9-11-20(26)12-10-17/h2-13,26H,14H2,1H3. The Hall–Kier alpha value is -3.93. The number of aromatic hydroxyl groups is 1. The van der Waals surface area contributed by atoms with Gasteiger partial charge >= 0.3 is 5.97 Å². The fourth-order valence-electron chi connectivity index (χ4n) is 3.11. The highest BCUT2D eigenvalue weighted by Gasteiger charge is 2.10. The zero-order valence-corrected chi connectivity index (χ0v) is 15.7. The van der Waals surface area contributed by atoms with E-state index in [1.807, 2.05) is 31.2 Å². The number of carbonyl (C=O) groups excluding carboxylic acids is 1. The van der Waals surface area contributed by atoms with Gasteiger partial charge in [-0.15, -0.1) is 0 Å². The second kappa shape index (κ2) is 7.59. The van der Waals surface area contributed by atoms with Crippen molar-refractivity contribution in [2.24, 2.45) is 0 Å². The van der Waals surface area contributed by atoms with Crippen molar-refractivity contribution in [3.63, 3.8) is 0 Å². The van der Waals surface area contributed by atoms with E-state index in [1.165, 1.54) is 10.5 Å². The fourth-order valence-corrected chi connectivity index (χ4v) is 3.11. The first-order valence-electron chi connectivity index (χ1n) is 9.06. The van der Waals surface area contributed by atoms with Crippen LogP contribution in [0.5, 0.6) is 5.75 Å². The summed E-state index contributed by atoms with van der Waals surface area (Å²) in [7, 11) is 0. The first kappa shape index (κ1) is 18.4. The number of nitrogens with zero attached hydrogens (tertiary/aromatic N) is 2. The van der Waals surface area contributed by atoms with E-state index in [2.05, 4.69) is 4.98 Å². The summed E-state index contributed by atoms with van der Waals surface area (Å²) in [5.74, 6) is -0.292. The normalized spacial score (nSPS) is 10.8. The number of hydrogen-bond donors (Lipinski definition) is 1. The number of esters is 1. The predicted octanol–water partition coefficient (Wildman–Crippen LogP) is 3.73. The van der Waals surface area contributed by atoms with Gasteiger partial charge in [0, 0.05) is 11.8 Å². The number of benzene rings is 2. The molecule has 0 aliphatic rings. The molecule has 6 heteroatoms. The molecule has 0 amide bonds. The van der Waals surface area contributed by atoms with Crippen LogP contribution in [0, 0.1) is 6.92 Å². The quantitative estimate of drug-likeness (QED) is 0.541. The molecule has 4 aromatic rings. The van der Waals surface area contributed by atoms with Crippen LogP contribution in [-0.4, -0.2) is 20.5 Å². The summed E-state index contributed by atoms with van der Waals surface area (Å²) in [6.07, 6.45) is 0. The number of hydrogen-bond acceptors (Lipinski definition) is 5. The molecule has 0 atom stereocenters. The SMILES string of the molecule is Cc1cccc2nc(COC(=O)c3ccc(-c4ccc(O)cc4)cc3)cc(=O)n12. The Morgan fingerprint density at radius 1 is 1.00 bits per heavy atom. The van der Waals surface area contributed by atoms with Crippen molar-refractivity contribution in [3.8, 4) is 16.9 Å². The van der Waals surface area contributed by atoms with Crippen LogP contribution in [0.4, 0.5) is 0 Å². The van der Waals surface area contributed by atoms with Crippen molar-refractivity contribution in [1.82, 2.24) is 9.38 Å². The topological polar surface area (TPSA) is 80.9 Å². The maximum atomic E-state index is 12.3. The Kier molecular flexibility index (Phi) is 4.83. The molecule has 0 saturated heterocycles. The van der Waals surface area contributed by atoms with Crippen LogP contribution in [0.25, 0.3) is 16.8 Å². The zero-order chi connectivity index (χ0) is 20.4. The number of aromatic nitrogens is 2. The van der Waals surface area contributed by atoms with Crippen molar-refractivity contribution in [1.29, 1.82) is 0 Å². The van der Waals surface area contributed by atoms with Gasteiger partial charge in [0.25, 0.3) is 5.56 Å². The lowest BCUT2D eigenvalue weighted by molar-refractivity contribution is 0.0467. The zero-order valence-electron chi connectivity index (χ0n) is 15.7. The Morgan fingerprint density at radius 3 is 2.34 bits per heavy atom. The van der Waals surface area contributed by atoms with E-state index in [0.29, 0.717) is 16.9 Å². The third-order valence-electron chi connectivity index (χ3n) is 4.61. The van der Waals surface area contributed by atoms with E-state index in [-0.39, 0.29) is 17.9 Å². The Morgan fingerprint density at radius 2 is 1.66 bits per heavy atom. The molecule has 2 aromatic carbocycles. The molecule has 0 unspecified atom stereocenters. The first-order valence-corrected chi connectivity index (χ1v) is 9.06. The minimum Gasteiger partial charge on any atom is -0.508 e. The summed E-state index contributed by atoms with van der Waals surface area (Å²) in [4.78, 5) is 29.0. The van der Waals surface area contributed by atoms with Gasteiger partial charge in [0.2, 0.25) is 0 Å². The van der Waals surface area contributed by atoms with E-state index < -0.39 is 5.97 Å². The average Bonchev–Trinajstić information content (AvgIpc) is 2.72. The van der Waals surface area contributed by atoms with E-state index in [1.54, 1.807) is 42.5 Å². The maximum Gasteiger partial charge on any atom is 0.338 e. The van der Waals surface area contributed by atoms with E-state index in [9.17, 15) is 14.7 Å². The number of carbonyl (C=O) groups is 1. The molecular weight excluding hydrogens is 368 g/mol. The second-order valence-corrected chi connectivity index (χ2v) is 6.65. The molecule has 1 N–H and O–H groups in total. The van der Waals surface area contributed by atoms with Crippen LogP contribution in [0.1, 0.15) is 21.7 Å². The third-order valence-corrected chi connectivity index (χ3v) is 4.61. The molecule has 2 heterocycles. The van der Waals surface area contributed by atoms with Gasteiger partial charge in [-0.1, -0.05) is 30.3 Å². The van der Waals surface area contributed by atoms with Crippen molar-refractivity contribution in [2.75, 3.05) is 0 Å². The fraction of sp³-hybridized carbons (Fsp3) is 0.0870. The van der Waals surface area contributed by atoms with E-state index >= 15 is 0 Å². The van der Waals surface area contributed by atoms with Gasteiger partial charge in [0.15, 0.2) is 0 Å². The molecule has 0 saturated carbocycles. The molecule has 0 fully saturated rings. The molecule has 29 heavy (non-hydrogen) atoms. The number of phenolic OH excluding ortho intramolecular Hbond substituents is 1. The first-order chi connectivity index (χ1) is 14.0. The Labute approximate surface area is 166 Å². The molecule has 0 radical (unpaired) electrons. The summed E-state index contributed by atoms with van der Waals surface area (Å²) < 4.78 is 6.83. The summed E-state index contributed by atoms with van der Waals surface area (Å²) in [5, 5.41) is 9.38. The van der Waals surface area contributed by atoms with Crippen molar-refractivity contribution in [3.05, 3.63) is 100 Å². The largest absolute Gasteiger partial charge is 0.508 e. The van der Waals surface area contributed by atoms with Crippen LogP contribution in [0.2, 0.25) is 0 Å². The second-order valence-electron chi connectivity index (χ2n) is 6.65. The highest BCUT2D eigenvalue weighted by atomic mass is 16.5. The number of aryl methyl sites for hydroxylation is 1. The molecule has 4 rings (SSSR count). The smallest absolute Gasteiger partial charge is 0.338 e. The maximum absolute atomic E-state index is 12.3. The highest BCUT2D eigenvalue weighted by Crippen LogP contribution is 2.22. The number of rotatable bonds is 4. The molecule has 0 aliphatic carbocycles. The molecule has 0 aliphatic heterocycles. The third kappa shape index (κ3) is 3.87. The van der Waals surface area contributed by atoms with Crippen LogP contribution < -0.4 is 5.56 Å². The minimum absolute atomic E-state index is 0.0851. The highest BCUT2D eigenvalue weighted by molar-refractivity contribution is 5.90. The lowest BCUT2D eigenvalue weighted by Gasteiger charge is -2.08. The van der Waals surface area contributed by atoms with Gasteiger partial charge in [-0.2, -0.15) is 0 Å². The summed E-state index contributed by atoms with van der Waals surface area (Å²) >= 11 is 0. The summed E-state index contributed by atoms with van der Waals surface area (Å²) in [5.41, 5.74) is 3.74. The predicted molar refractivity (Wildman–Crippen MR) is 109 cm³/mol. The Balaban J connectivity index is 1.48. The van der Waals surface area contributed by atoms with Gasteiger partial charge in [0.05, 0.1) is 11.3 Å². The van der Waals surface area contributed by atoms with Crippen molar-refractivity contribution in [2.45, 2.75) is 13.5 Å². The number of pyridine rings is 1. The van der Waals surface area contributed by atoms with E-state index in [0.717, 1.165) is 16.8 Å². The molecule has 0 spiro atoms. The monoisotopic (exact) mass is 386 g/mol. The van der Waals surface area contributed by atoms with Gasteiger partial charge in [-0.05, 0) is 54.4 Å². The molecule has 6 nitrogen and oxygen atoms in total. The molecular formula is C23H18N2O4. The Bertz CT molecular complexity index is 1240. The van der Waals surface area contributed by atoms with Crippen LogP contribution in [0.15, 0.2) is 77.6 Å². The average molecular weight is 386 g/mol. The van der Waals surface area contributed by atoms with Crippen LogP contribution in [-0.2, 0) is 11.3 Å². The van der Waals surface area contributed by atoms with Gasteiger partial charge in [-0.25, -0.2) is 9.78 Å². The lowest BCUT2D eigenvalue weighted by atomic mass is 10.0. The molecule has 144 valence electrons.